The van der Waals surface area contributed by atoms with Gasteiger partial charge in [0.1, 0.15) is 0 Å². The van der Waals surface area contributed by atoms with Gasteiger partial charge in [-0.05, 0) is 26.2 Å². The number of hydrogen-bond donors (Lipinski definition) is 1. The highest BCUT2D eigenvalue weighted by Crippen LogP contribution is 2.15. The van der Waals surface area contributed by atoms with Gasteiger partial charge >= 0.3 is 11.9 Å². The van der Waals surface area contributed by atoms with Gasteiger partial charge in [-0.2, -0.15) is 0 Å². The molecule has 0 aliphatic rings. The molecule has 0 spiro atoms. The summed E-state index contributed by atoms with van der Waals surface area (Å²) in [6.45, 7) is 5.48. The van der Waals surface area contributed by atoms with Crippen LogP contribution in [0.2, 0.25) is 0 Å². The predicted octanol–water partition coefficient (Wildman–Crippen LogP) is 0.747. The molecule has 0 aliphatic carbocycles. The molecular weight excluding hydrogens is 212 g/mol. The van der Waals surface area contributed by atoms with Crippen molar-refractivity contribution in [2.45, 2.75) is 27.2 Å². The Bertz CT molecular complexity index is 208. The molecule has 0 rings (SSSR count). The Hall–Kier alpha value is -1.10. The van der Waals surface area contributed by atoms with Gasteiger partial charge in [0, 0.05) is 6.61 Å². The number of esters is 2. The molecular formula is C11H20O5. The summed E-state index contributed by atoms with van der Waals surface area (Å²) in [5.74, 6) is -2.23. The van der Waals surface area contributed by atoms with E-state index in [-0.39, 0.29) is 32.2 Å². The quantitative estimate of drug-likeness (QED) is 0.518. The fraction of sp³-hybridized carbons (Fsp3) is 0.818. The number of aliphatic hydroxyl groups excluding tert-OH is 1. The Labute approximate surface area is 95.7 Å². The normalized spacial score (nSPS) is 12.3. The average Bonchev–Trinajstić information content (AvgIpc) is 2.25. The minimum atomic E-state index is -0.929. The fourth-order valence-electron chi connectivity index (χ4n) is 1.25. The first-order chi connectivity index (χ1) is 7.56. The van der Waals surface area contributed by atoms with Crippen LogP contribution in [-0.2, 0) is 19.1 Å². The second-order valence-corrected chi connectivity index (χ2v) is 3.58. The minimum Gasteiger partial charge on any atom is -0.465 e. The number of carbonyl (C=O) groups is 2. The molecule has 0 bridgehead atoms. The van der Waals surface area contributed by atoms with Gasteiger partial charge in [0.2, 0.25) is 0 Å². The summed E-state index contributed by atoms with van der Waals surface area (Å²) in [6, 6.07) is 0. The van der Waals surface area contributed by atoms with Crippen molar-refractivity contribution in [1.82, 2.24) is 0 Å². The molecule has 1 unspecified atom stereocenters. The topological polar surface area (TPSA) is 72.8 Å². The molecule has 0 aromatic rings. The first kappa shape index (κ1) is 14.9. The first-order valence-corrected chi connectivity index (χ1v) is 5.50. The molecule has 0 radical (unpaired) electrons. The maximum absolute atomic E-state index is 11.5. The number of rotatable bonds is 7. The van der Waals surface area contributed by atoms with E-state index in [0.29, 0.717) is 0 Å². The molecule has 0 saturated carbocycles. The monoisotopic (exact) mass is 232 g/mol. The molecule has 1 atom stereocenters. The van der Waals surface area contributed by atoms with Crippen LogP contribution in [0.25, 0.3) is 0 Å². The highest BCUT2D eigenvalue weighted by atomic mass is 16.6. The standard InChI is InChI=1S/C11H20O5/c1-4-15-10(13)9(6-8(3)7-12)11(14)16-5-2/h8-9,12H,4-7H2,1-3H3. The SMILES string of the molecule is CCOC(=O)C(CC(C)CO)C(=O)OCC. The van der Waals surface area contributed by atoms with Crippen molar-refractivity contribution in [2.75, 3.05) is 19.8 Å². The van der Waals surface area contributed by atoms with Crippen molar-refractivity contribution in [3.63, 3.8) is 0 Å². The summed E-state index contributed by atoms with van der Waals surface area (Å²) in [4.78, 5) is 23.0. The van der Waals surface area contributed by atoms with Crippen molar-refractivity contribution >= 4 is 11.9 Å². The molecule has 5 nitrogen and oxygen atoms in total. The molecule has 0 heterocycles. The lowest BCUT2D eigenvalue weighted by atomic mass is 9.96. The molecule has 0 aliphatic heterocycles. The van der Waals surface area contributed by atoms with E-state index in [4.69, 9.17) is 14.6 Å². The zero-order chi connectivity index (χ0) is 12.6. The van der Waals surface area contributed by atoms with Gasteiger partial charge in [-0.15, -0.1) is 0 Å². The van der Waals surface area contributed by atoms with Crippen molar-refractivity contribution in [3.8, 4) is 0 Å². The van der Waals surface area contributed by atoms with Gasteiger partial charge in [0.05, 0.1) is 13.2 Å². The maximum atomic E-state index is 11.5. The second kappa shape index (κ2) is 8.10. The second-order valence-electron chi connectivity index (χ2n) is 3.58. The van der Waals surface area contributed by atoms with E-state index in [0.717, 1.165) is 0 Å². The maximum Gasteiger partial charge on any atom is 0.320 e. The molecule has 16 heavy (non-hydrogen) atoms. The van der Waals surface area contributed by atoms with E-state index >= 15 is 0 Å². The van der Waals surface area contributed by atoms with Crippen LogP contribution in [-0.4, -0.2) is 36.9 Å². The first-order valence-electron chi connectivity index (χ1n) is 5.50. The van der Waals surface area contributed by atoms with Crippen LogP contribution in [0.1, 0.15) is 27.2 Å². The van der Waals surface area contributed by atoms with E-state index < -0.39 is 17.9 Å². The van der Waals surface area contributed by atoms with E-state index in [1.807, 2.05) is 0 Å². The van der Waals surface area contributed by atoms with Crippen LogP contribution in [0.15, 0.2) is 0 Å². The van der Waals surface area contributed by atoms with E-state index in [9.17, 15) is 9.59 Å². The highest BCUT2D eigenvalue weighted by molar-refractivity contribution is 5.94. The summed E-state index contributed by atoms with van der Waals surface area (Å²) >= 11 is 0. The summed E-state index contributed by atoms with van der Waals surface area (Å²) in [6.07, 6.45) is 0.244. The Morgan fingerprint density at radius 3 is 1.88 bits per heavy atom. The summed E-state index contributed by atoms with van der Waals surface area (Å²) in [5, 5.41) is 8.90. The van der Waals surface area contributed by atoms with Gasteiger partial charge in [-0.25, -0.2) is 0 Å². The molecule has 0 saturated heterocycles. The van der Waals surface area contributed by atoms with Crippen molar-refractivity contribution in [3.05, 3.63) is 0 Å². The smallest absolute Gasteiger partial charge is 0.320 e. The zero-order valence-electron chi connectivity index (χ0n) is 10.1. The third kappa shape index (κ3) is 5.11. The van der Waals surface area contributed by atoms with Gasteiger partial charge < -0.3 is 14.6 Å². The summed E-state index contributed by atoms with van der Waals surface area (Å²) in [7, 11) is 0. The molecule has 0 aromatic heterocycles. The van der Waals surface area contributed by atoms with Gasteiger partial charge in [0.25, 0.3) is 0 Å². The molecule has 94 valence electrons. The van der Waals surface area contributed by atoms with Gasteiger partial charge in [-0.3, -0.25) is 9.59 Å². The van der Waals surface area contributed by atoms with Crippen LogP contribution >= 0.6 is 0 Å². The third-order valence-electron chi connectivity index (χ3n) is 2.09. The Balaban J connectivity index is 4.49. The lowest BCUT2D eigenvalue weighted by Crippen LogP contribution is -2.30. The number of hydrogen-bond acceptors (Lipinski definition) is 5. The van der Waals surface area contributed by atoms with E-state index in [1.165, 1.54) is 0 Å². The molecule has 1 N–H and O–H groups in total. The highest BCUT2D eigenvalue weighted by Gasteiger charge is 2.30. The van der Waals surface area contributed by atoms with Crippen molar-refractivity contribution in [1.29, 1.82) is 0 Å². The largest absolute Gasteiger partial charge is 0.465 e. The summed E-state index contributed by atoms with van der Waals surface area (Å²) in [5.41, 5.74) is 0. The van der Waals surface area contributed by atoms with Crippen molar-refractivity contribution < 1.29 is 24.2 Å². The molecule has 5 heteroatoms. The van der Waals surface area contributed by atoms with Crippen LogP contribution < -0.4 is 0 Å². The molecule has 0 fully saturated rings. The van der Waals surface area contributed by atoms with Crippen LogP contribution in [0.5, 0.6) is 0 Å². The van der Waals surface area contributed by atoms with Crippen LogP contribution in [0.3, 0.4) is 0 Å². The average molecular weight is 232 g/mol. The zero-order valence-corrected chi connectivity index (χ0v) is 10.1. The Morgan fingerprint density at radius 1 is 1.12 bits per heavy atom. The number of aliphatic hydroxyl groups is 1. The lowest BCUT2D eigenvalue weighted by Gasteiger charge is -2.16. The van der Waals surface area contributed by atoms with Crippen molar-refractivity contribution in [2.24, 2.45) is 11.8 Å². The van der Waals surface area contributed by atoms with Gasteiger partial charge in [0.15, 0.2) is 5.92 Å². The van der Waals surface area contributed by atoms with Crippen LogP contribution in [0.4, 0.5) is 0 Å². The van der Waals surface area contributed by atoms with Crippen LogP contribution in [0, 0.1) is 11.8 Å². The van der Waals surface area contributed by atoms with E-state index in [2.05, 4.69) is 0 Å². The molecule has 0 amide bonds. The van der Waals surface area contributed by atoms with Gasteiger partial charge in [-0.1, -0.05) is 6.92 Å². The molecule has 0 aromatic carbocycles. The summed E-state index contributed by atoms with van der Waals surface area (Å²) < 4.78 is 9.59. The number of carbonyl (C=O) groups excluding carboxylic acids is 2. The Morgan fingerprint density at radius 2 is 1.56 bits per heavy atom. The van der Waals surface area contributed by atoms with E-state index in [1.54, 1.807) is 20.8 Å². The minimum absolute atomic E-state index is 0.0741. The third-order valence-corrected chi connectivity index (χ3v) is 2.09. The lowest BCUT2D eigenvalue weighted by molar-refractivity contribution is -0.162. The fourth-order valence-corrected chi connectivity index (χ4v) is 1.25. The number of ether oxygens (including phenoxy) is 2. The Kier molecular flexibility index (Phi) is 7.54. The predicted molar refractivity (Wildman–Crippen MR) is 57.6 cm³/mol.